The Morgan fingerprint density at radius 3 is 2.60 bits per heavy atom. The van der Waals surface area contributed by atoms with Crippen LogP contribution in [0.1, 0.15) is 30.0 Å². The number of hydrogen-bond acceptors (Lipinski definition) is 8. The van der Waals surface area contributed by atoms with Crippen molar-refractivity contribution < 1.29 is 9.47 Å². The van der Waals surface area contributed by atoms with Crippen LogP contribution in [0.5, 0.6) is 5.88 Å². The summed E-state index contributed by atoms with van der Waals surface area (Å²) in [5.74, 6) is 8.19. The Labute approximate surface area is 234 Å². The quantitative estimate of drug-likeness (QED) is 0.332. The number of nitriles is 1. The first-order chi connectivity index (χ1) is 19.6. The van der Waals surface area contributed by atoms with Gasteiger partial charge in [-0.05, 0) is 37.1 Å². The maximum Gasteiger partial charge on any atom is 0.212 e. The molecule has 3 atom stereocenters. The summed E-state index contributed by atoms with van der Waals surface area (Å²) in [5, 5.41) is 14.1. The number of piperazine rings is 1. The molecule has 3 unspecified atom stereocenters. The lowest BCUT2D eigenvalue weighted by molar-refractivity contribution is -0.00876. The van der Waals surface area contributed by atoms with E-state index in [9.17, 15) is 5.26 Å². The van der Waals surface area contributed by atoms with Crippen molar-refractivity contribution in [3.05, 3.63) is 71.8 Å². The van der Waals surface area contributed by atoms with Crippen LogP contribution in [-0.2, 0) is 11.3 Å². The smallest absolute Gasteiger partial charge is 0.212 e. The Hall–Kier alpha value is -4.44. The predicted molar refractivity (Wildman–Crippen MR) is 152 cm³/mol. The van der Waals surface area contributed by atoms with E-state index in [-0.39, 0.29) is 5.92 Å². The highest BCUT2D eigenvalue weighted by atomic mass is 16.5. The number of ether oxygens (including phenoxy) is 2. The van der Waals surface area contributed by atoms with Crippen molar-refractivity contribution >= 4 is 11.3 Å². The minimum atomic E-state index is 0.108. The van der Waals surface area contributed by atoms with Crippen LogP contribution in [0.25, 0.3) is 16.6 Å². The van der Waals surface area contributed by atoms with E-state index in [1.165, 1.54) is 12.0 Å². The third-order valence-electron chi connectivity index (χ3n) is 7.71. The van der Waals surface area contributed by atoms with E-state index in [1.54, 1.807) is 24.9 Å². The Morgan fingerprint density at radius 2 is 1.93 bits per heavy atom. The summed E-state index contributed by atoms with van der Waals surface area (Å²) >= 11 is 0. The summed E-state index contributed by atoms with van der Waals surface area (Å²) in [5.41, 5.74) is 5.13. The van der Waals surface area contributed by atoms with E-state index < -0.39 is 0 Å². The van der Waals surface area contributed by atoms with Gasteiger partial charge in [0.05, 0.1) is 31.0 Å². The Balaban J connectivity index is 1.20. The number of anilines is 1. The van der Waals surface area contributed by atoms with E-state index in [0.29, 0.717) is 30.1 Å². The second-order valence-corrected chi connectivity index (χ2v) is 10.5. The fraction of sp³-hybridized carbons (Fsp3) is 0.355. The van der Waals surface area contributed by atoms with Gasteiger partial charge in [-0.1, -0.05) is 17.9 Å². The van der Waals surface area contributed by atoms with Crippen molar-refractivity contribution in [2.24, 2.45) is 5.92 Å². The van der Waals surface area contributed by atoms with Gasteiger partial charge >= 0.3 is 0 Å². The zero-order chi connectivity index (χ0) is 27.6. The highest BCUT2D eigenvalue weighted by molar-refractivity contribution is 5.85. The molecule has 4 aromatic rings. The molecule has 0 spiro atoms. The monoisotopic (exact) mass is 533 g/mol. The third-order valence-corrected chi connectivity index (χ3v) is 7.71. The van der Waals surface area contributed by atoms with E-state index in [1.807, 2.05) is 37.6 Å². The fourth-order valence-electron chi connectivity index (χ4n) is 5.69. The van der Waals surface area contributed by atoms with Crippen molar-refractivity contribution in [2.75, 3.05) is 38.8 Å². The summed E-state index contributed by atoms with van der Waals surface area (Å²) in [6.07, 6.45) is 8.47. The molecular formula is C31H31N7O2. The van der Waals surface area contributed by atoms with Gasteiger partial charge in [0.25, 0.3) is 0 Å². The largest absolute Gasteiger partial charge is 0.481 e. The molecule has 0 N–H and O–H groups in total. The second kappa shape index (κ2) is 11.0. The lowest BCUT2D eigenvalue weighted by Crippen LogP contribution is -2.68. The molecule has 7 rings (SSSR count). The minimum Gasteiger partial charge on any atom is -0.481 e. The van der Waals surface area contributed by atoms with Crippen LogP contribution in [0, 0.1) is 29.1 Å². The SMILES string of the molecule is COCC(C)C#Cc1cc(-c2ccc(N3CC4CC(C3)N4Cc3ccc(OC)nc3)nc2)c2c(C#N)cnn2c1. The molecule has 0 radical (unpaired) electrons. The van der Waals surface area contributed by atoms with Gasteiger partial charge in [0.1, 0.15) is 11.9 Å². The number of nitrogens with zero attached hydrogens (tertiary/aromatic N) is 7. The molecule has 0 aliphatic carbocycles. The number of fused-ring (bicyclic) bond motifs is 3. The number of methoxy groups -OCH3 is 2. The summed E-state index contributed by atoms with van der Waals surface area (Å²) in [6, 6.07) is 13.5. The van der Waals surface area contributed by atoms with Crippen molar-refractivity contribution in [2.45, 2.75) is 32.0 Å². The van der Waals surface area contributed by atoms with Crippen molar-refractivity contribution in [3.63, 3.8) is 0 Å². The second-order valence-electron chi connectivity index (χ2n) is 10.5. The molecule has 0 saturated carbocycles. The molecule has 3 aliphatic heterocycles. The summed E-state index contributed by atoms with van der Waals surface area (Å²) < 4.78 is 12.1. The molecule has 3 saturated heterocycles. The first-order valence-corrected chi connectivity index (χ1v) is 13.4. The van der Waals surface area contributed by atoms with E-state index in [0.717, 1.165) is 47.7 Å². The molecule has 2 bridgehead atoms. The Bertz CT molecular complexity index is 1600. The van der Waals surface area contributed by atoms with E-state index >= 15 is 0 Å². The Morgan fingerprint density at radius 1 is 1.07 bits per heavy atom. The maximum atomic E-state index is 9.70. The first kappa shape index (κ1) is 25.8. The highest BCUT2D eigenvalue weighted by Crippen LogP contribution is 2.36. The molecule has 9 nitrogen and oxygen atoms in total. The summed E-state index contributed by atoms with van der Waals surface area (Å²) in [6.45, 7) is 5.40. The normalized spacial score (nSPS) is 18.9. The molecule has 9 heteroatoms. The molecular weight excluding hydrogens is 502 g/mol. The lowest BCUT2D eigenvalue weighted by Gasteiger charge is -2.56. The molecule has 3 aliphatic rings. The number of aromatic nitrogens is 4. The molecule has 40 heavy (non-hydrogen) atoms. The molecule has 202 valence electrons. The molecule has 0 amide bonds. The van der Waals surface area contributed by atoms with Crippen LogP contribution < -0.4 is 9.64 Å². The number of pyridine rings is 3. The van der Waals surface area contributed by atoms with Crippen LogP contribution >= 0.6 is 0 Å². The average Bonchev–Trinajstić information content (AvgIpc) is 3.42. The first-order valence-electron chi connectivity index (χ1n) is 13.4. The molecule has 4 aromatic heterocycles. The summed E-state index contributed by atoms with van der Waals surface area (Å²) in [7, 11) is 3.31. The lowest BCUT2D eigenvalue weighted by atomic mass is 9.87. The fourth-order valence-corrected chi connectivity index (χ4v) is 5.69. The molecule has 7 heterocycles. The van der Waals surface area contributed by atoms with Gasteiger partial charge in [-0.3, -0.25) is 4.90 Å². The van der Waals surface area contributed by atoms with Gasteiger partial charge in [-0.15, -0.1) is 0 Å². The van der Waals surface area contributed by atoms with Crippen LogP contribution in [0.3, 0.4) is 0 Å². The number of rotatable bonds is 7. The van der Waals surface area contributed by atoms with Crippen molar-refractivity contribution in [1.29, 1.82) is 5.26 Å². The van der Waals surface area contributed by atoms with Crippen molar-refractivity contribution in [1.82, 2.24) is 24.5 Å². The van der Waals surface area contributed by atoms with Crippen LogP contribution in [0.2, 0.25) is 0 Å². The third kappa shape index (κ3) is 4.98. The van der Waals surface area contributed by atoms with Gasteiger partial charge in [0.2, 0.25) is 5.88 Å². The van der Waals surface area contributed by atoms with Gasteiger partial charge in [-0.2, -0.15) is 10.4 Å². The molecule has 3 fully saturated rings. The molecule has 0 aromatic carbocycles. The van der Waals surface area contributed by atoms with E-state index in [4.69, 9.17) is 14.5 Å². The van der Waals surface area contributed by atoms with E-state index in [2.05, 4.69) is 56.0 Å². The highest BCUT2D eigenvalue weighted by Gasteiger charge is 2.44. The van der Waals surface area contributed by atoms with Gasteiger partial charge < -0.3 is 14.4 Å². The minimum absolute atomic E-state index is 0.108. The van der Waals surface area contributed by atoms with Gasteiger partial charge in [-0.25, -0.2) is 14.5 Å². The Kier molecular flexibility index (Phi) is 7.08. The van der Waals surface area contributed by atoms with Crippen LogP contribution in [0.15, 0.2) is 55.1 Å². The van der Waals surface area contributed by atoms with Crippen LogP contribution in [0.4, 0.5) is 5.82 Å². The maximum absolute atomic E-state index is 9.70. The van der Waals surface area contributed by atoms with Gasteiger partial charge in [0, 0.05) is 86.1 Å². The predicted octanol–water partition coefficient (Wildman–Crippen LogP) is 3.77. The number of hydrogen-bond donors (Lipinski definition) is 0. The standard InChI is InChI=1S/C31H31N7O2/c1-21(20-39-2)4-5-22-10-28(31-25(12-32)15-35-38(31)17-22)24-7-8-29(33-14-24)36-18-26-11-27(19-36)37(26)16-23-6-9-30(40-3)34-13-23/h6-10,13-15,17,21,26-27H,11,16,18-20H2,1-3H3. The topological polar surface area (TPSA) is 91.8 Å². The number of piperidine rings is 1. The average molecular weight is 534 g/mol. The summed E-state index contributed by atoms with van der Waals surface area (Å²) in [4.78, 5) is 14.1. The zero-order valence-electron chi connectivity index (χ0n) is 22.9. The van der Waals surface area contributed by atoms with Crippen molar-refractivity contribution in [3.8, 4) is 34.9 Å². The van der Waals surface area contributed by atoms with Crippen LogP contribution in [-0.4, -0.2) is 70.5 Å². The zero-order valence-corrected chi connectivity index (χ0v) is 22.9. The van der Waals surface area contributed by atoms with Gasteiger partial charge in [0.15, 0.2) is 0 Å².